The summed E-state index contributed by atoms with van der Waals surface area (Å²) >= 11 is 0. The first kappa shape index (κ1) is 46.2. The fourth-order valence-corrected chi connectivity index (χ4v) is 6.94. The molecule has 0 saturated carbocycles. The van der Waals surface area contributed by atoms with Gasteiger partial charge < -0.3 is 0 Å². The molecule has 0 aromatic rings. The molecule has 0 aliphatic carbocycles. The van der Waals surface area contributed by atoms with Crippen LogP contribution in [-0.4, -0.2) is 55.5 Å². The first-order chi connectivity index (χ1) is 14.5. The lowest BCUT2D eigenvalue weighted by Crippen LogP contribution is -1.87. The van der Waals surface area contributed by atoms with Gasteiger partial charge in [0.25, 0.3) is 0 Å². The van der Waals surface area contributed by atoms with Crippen molar-refractivity contribution in [3.63, 3.8) is 0 Å². The molecule has 0 radical (unpaired) electrons. The lowest BCUT2D eigenvalue weighted by molar-refractivity contribution is 1.59. The maximum Gasteiger partial charge on any atom is -0.0142 e. The van der Waals surface area contributed by atoms with E-state index in [1.165, 1.54) is 0 Å². The molecule has 33 heavy (non-hydrogen) atoms. The molecule has 0 atom stereocenters. The summed E-state index contributed by atoms with van der Waals surface area (Å²) in [4.78, 5) is 0. The van der Waals surface area contributed by atoms with Crippen LogP contribution >= 0.6 is 61.0 Å². The molecule has 0 nitrogen and oxygen atoms in total. The second-order valence-corrected chi connectivity index (χ2v) is 13.6. The predicted octanol–water partition coefficient (Wildman–Crippen LogP) is 10.3. The van der Waals surface area contributed by atoms with Crippen LogP contribution in [0.15, 0.2) is 114 Å². The monoisotopic (exact) mass is 570 g/mol. The fourth-order valence-electron chi connectivity index (χ4n) is 2.31. The predicted molar refractivity (Wildman–Crippen MR) is 178 cm³/mol. The Morgan fingerprint density at radius 3 is 0.424 bits per heavy atom. The highest BCUT2D eigenvalue weighted by molar-refractivity contribution is 7.58. The first-order valence-electron chi connectivity index (χ1n) is 10.2. The third-order valence-electron chi connectivity index (χ3n) is 3.49. The Hall–Kier alpha value is -0.180. The van der Waals surface area contributed by atoms with Crippen LogP contribution in [0.1, 0.15) is 0 Å². The highest BCUT2D eigenvalue weighted by Crippen LogP contribution is 2.35. The third kappa shape index (κ3) is 39.3. The second-order valence-electron chi connectivity index (χ2n) is 6.25. The number of rotatable bonds is 18. The van der Waals surface area contributed by atoms with Gasteiger partial charge in [-0.2, -0.15) is 0 Å². The average Bonchev–Trinajstić information content (AvgIpc) is 2.71. The molecule has 192 valence electrons. The minimum absolute atomic E-state index is 0. The van der Waals surface area contributed by atoms with E-state index in [1.54, 1.807) is 0 Å². The van der Waals surface area contributed by atoms with E-state index in [9.17, 15) is 0 Å². The number of hydrogen-bond acceptors (Lipinski definition) is 0. The maximum atomic E-state index is 3.71. The van der Waals surface area contributed by atoms with Gasteiger partial charge in [-0.3, -0.25) is 0 Å². The van der Waals surface area contributed by atoms with Gasteiger partial charge >= 0.3 is 0 Å². The number of allylic oxidation sites excluding steroid dienone is 9. The Kier molecular flexibility index (Phi) is 58.8. The van der Waals surface area contributed by atoms with Crippen LogP contribution in [0.3, 0.4) is 0 Å². The smallest absolute Gasteiger partial charge is 0.0142 e. The van der Waals surface area contributed by atoms with E-state index in [2.05, 4.69) is 59.2 Å². The quantitative estimate of drug-likeness (QED) is 0.113. The Bertz CT molecular complexity index is 362. The van der Waals surface area contributed by atoms with Crippen LogP contribution in [-0.2, 0) is 0 Å². The van der Waals surface area contributed by atoms with Crippen molar-refractivity contribution in [1.82, 2.24) is 0 Å². The molecule has 0 amide bonds. The Morgan fingerprint density at radius 1 is 0.273 bits per heavy atom. The van der Waals surface area contributed by atoms with E-state index < -0.39 is 0 Å². The van der Waals surface area contributed by atoms with E-state index in [-0.39, 0.29) is 61.0 Å². The molecule has 0 aromatic heterocycles. The van der Waals surface area contributed by atoms with Gasteiger partial charge in [0.1, 0.15) is 0 Å². The van der Waals surface area contributed by atoms with E-state index in [1.807, 2.05) is 54.7 Å². The SMILES string of the molecule is C=CCP(CC=C)CC=C.C=CCP(CC=C)CC=C.C=CCP(CC=C)CC=C.Cl.Cl.Cl. The average molecular weight is 572 g/mol. The largest absolute Gasteiger partial charge is 0.147 e. The summed E-state index contributed by atoms with van der Waals surface area (Å²) in [7, 11) is 0.255. The number of hydrogen-bond donors (Lipinski definition) is 0. The standard InChI is InChI=1S/3C9H15P.3ClH/c3*1-4-7-10(8-5-2)9-6-3;;;/h3*4-6H,1-3,7-9H2;3*1H. The summed E-state index contributed by atoms with van der Waals surface area (Å²) in [5.41, 5.74) is 0. The topological polar surface area (TPSA) is 0 Å². The Labute approximate surface area is 229 Å². The zero-order valence-electron chi connectivity index (χ0n) is 20.5. The lowest BCUT2D eigenvalue weighted by atomic mass is 10.7. The van der Waals surface area contributed by atoms with Gasteiger partial charge in [-0.25, -0.2) is 0 Å². The summed E-state index contributed by atoms with van der Waals surface area (Å²) < 4.78 is 0. The van der Waals surface area contributed by atoms with Crippen molar-refractivity contribution < 1.29 is 0 Å². The lowest BCUT2D eigenvalue weighted by Gasteiger charge is -2.09. The molecule has 0 aliphatic rings. The summed E-state index contributed by atoms with van der Waals surface area (Å²) in [6.45, 7) is 33.4. The summed E-state index contributed by atoms with van der Waals surface area (Å²) in [5.74, 6) is 0. The molecule has 0 aliphatic heterocycles. The molecule has 0 saturated heterocycles. The highest BCUT2D eigenvalue weighted by atomic mass is 35.5. The molecule has 0 fully saturated rings. The van der Waals surface area contributed by atoms with Gasteiger partial charge in [0.05, 0.1) is 0 Å². The Morgan fingerprint density at radius 2 is 0.364 bits per heavy atom. The molecule has 0 aromatic carbocycles. The summed E-state index contributed by atoms with van der Waals surface area (Å²) in [6.07, 6.45) is 28.1. The van der Waals surface area contributed by atoms with Crippen molar-refractivity contribution in [3.05, 3.63) is 114 Å². The van der Waals surface area contributed by atoms with Crippen LogP contribution in [0.4, 0.5) is 0 Å². The van der Waals surface area contributed by atoms with Gasteiger partial charge in [-0.05, 0) is 55.5 Å². The molecule has 6 heteroatoms. The van der Waals surface area contributed by atoms with Gasteiger partial charge in [0.2, 0.25) is 0 Å². The van der Waals surface area contributed by atoms with Crippen LogP contribution in [0, 0.1) is 0 Å². The van der Waals surface area contributed by atoms with E-state index in [0.717, 1.165) is 55.5 Å². The van der Waals surface area contributed by atoms with Crippen molar-refractivity contribution in [2.24, 2.45) is 0 Å². The van der Waals surface area contributed by atoms with Crippen molar-refractivity contribution in [2.45, 2.75) is 0 Å². The molecule has 0 rings (SSSR count). The zero-order valence-corrected chi connectivity index (χ0v) is 25.6. The number of halogens is 3. The molecule has 0 bridgehead atoms. The summed E-state index contributed by atoms with van der Waals surface area (Å²) in [6, 6.07) is 0. The van der Waals surface area contributed by atoms with Crippen molar-refractivity contribution in [2.75, 3.05) is 55.5 Å². The highest BCUT2D eigenvalue weighted by Gasteiger charge is 2.00. The normalized spacial score (nSPS) is 8.45. The minimum atomic E-state index is 0. The third-order valence-corrected chi connectivity index (χ3v) is 10.5. The maximum absolute atomic E-state index is 3.71. The molecular weight excluding hydrogens is 524 g/mol. The molecule has 0 heterocycles. The molecule has 0 N–H and O–H groups in total. The second kappa shape index (κ2) is 42.0. The van der Waals surface area contributed by atoms with Gasteiger partial charge in [0.15, 0.2) is 0 Å². The fraction of sp³-hybridized carbons (Fsp3) is 0.333. The van der Waals surface area contributed by atoms with Crippen molar-refractivity contribution >= 4 is 61.0 Å². The first-order valence-corrected chi connectivity index (χ1v) is 15.9. The van der Waals surface area contributed by atoms with Crippen molar-refractivity contribution in [3.8, 4) is 0 Å². The van der Waals surface area contributed by atoms with E-state index in [4.69, 9.17) is 0 Å². The van der Waals surface area contributed by atoms with Crippen LogP contribution < -0.4 is 0 Å². The molecule has 0 unspecified atom stereocenters. The van der Waals surface area contributed by atoms with Crippen LogP contribution in [0.25, 0.3) is 0 Å². The van der Waals surface area contributed by atoms with Crippen LogP contribution in [0.2, 0.25) is 0 Å². The van der Waals surface area contributed by atoms with Gasteiger partial charge in [-0.1, -0.05) is 78.4 Å². The van der Waals surface area contributed by atoms with Crippen LogP contribution in [0.5, 0.6) is 0 Å². The zero-order chi connectivity index (χ0) is 23.5. The summed E-state index contributed by atoms with van der Waals surface area (Å²) in [5, 5.41) is 0. The van der Waals surface area contributed by atoms with Gasteiger partial charge in [-0.15, -0.1) is 96.4 Å². The van der Waals surface area contributed by atoms with E-state index in [0.29, 0.717) is 0 Å². The van der Waals surface area contributed by atoms with Gasteiger partial charge in [0, 0.05) is 0 Å². The van der Waals surface area contributed by atoms with Crippen molar-refractivity contribution in [1.29, 1.82) is 0 Å². The molecular formula is C27H48Cl3P3. The minimum Gasteiger partial charge on any atom is -0.147 e. The molecule has 0 spiro atoms. The van der Waals surface area contributed by atoms with E-state index >= 15 is 0 Å². The Balaban J connectivity index is -0.0000000792.